The first-order chi connectivity index (χ1) is 8.33. The van der Waals surface area contributed by atoms with Gasteiger partial charge in [0.25, 0.3) is 0 Å². The van der Waals surface area contributed by atoms with Crippen molar-refractivity contribution in [3.8, 4) is 0 Å². The van der Waals surface area contributed by atoms with Crippen LogP contribution in [0.2, 0.25) is 0 Å². The molecule has 2 fully saturated rings. The molecule has 4 heteroatoms. The van der Waals surface area contributed by atoms with E-state index in [4.69, 9.17) is 4.74 Å². The number of carbonyl (C=O) groups is 1. The van der Waals surface area contributed by atoms with Crippen molar-refractivity contribution in [1.29, 1.82) is 0 Å². The molecule has 0 saturated carbocycles. The summed E-state index contributed by atoms with van der Waals surface area (Å²) in [4.78, 5) is 14.5. The van der Waals surface area contributed by atoms with Crippen molar-refractivity contribution >= 4 is 5.91 Å². The van der Waals surface area contributed by atoms with Gasteiger partial charge >= 0.3 is 0 Å². The van der Waals surface area contributed by atoms with E-state index in [1.54, 1.807) is 7.11 Å². The van der Waals surface area contributed by atoms with Gasteiger partial charge in [0.15, 0.2) is 0 Å². The first-order valence-electron chi connectivity index (χ1n) is 6.85. The molecule has 1 amide bonds. The summed E-state index contributed by atoms with van der Waals surface area (Å²) >= 11 is 0. The van der Waals surface area contributed by atoms with Crippen molar-refractivity contribution in [2.75, 3.05) is 26.8 Å². The second kappa shape index (κ2) is 6.36. The Balaban J connectivity index is 1.94. The summed E-state index contributed by atoms with van der Waals surface area (Å²) in [6, 6.07) is 0.353. The van der Waals surface area contributed by atoms with Crippen molar-refractivity contribution in [3.63, 3.8) is 0 Å². The highest BCUT2D eigenvalue weighted by molar-refractivity contribution is 5.82. The molecule has 0 radical (unpaired) electrons. The fourth-order valence-corrected chi connectivity index (χ4v) is 2.92. The maximum Gasteiger partial charge on any atom is 0.240 e. The van der Waals surface area contributed by atoms with E-state index in [2.05, 4.69) is 10.2 Å². The molecule has 1 N–H and O–H groups in total. The molecule has 2 heterocycles. The zero-order valence-corrected chi connectivity index (χ0v) is 10.8. The van der Waals surface area contributed by atoms with Crippen LogP contribution >= 0.6 is 0 Å². The maximum absolute atomic E-state index is 12.4. The molecular weight excluding hydrogens is 216 g/mol. The normalized spacial score (nSPS) is 30.3. The number of likely N-dealkylation sites (tertiary alicyclic amines) is 1. The Morgan fingerprint density at radius 3 is 2.82 bits per heavy atom. The molecule has 2 aliphatic rings. The third kappa shape index (κ3) is 3.19. The van der Waals surface area contributed by atoms with Gasteiger partial charge in [-0.05, 0) is 38.6 Å². The first-order valence-corrected chi connectivity index (χ1v) is 6.85. The standard InChI is InChI=1S/C13H24N2O2/c1-17-10-11-6-3-5-9-15(11)13(16)12-7-2-4-8-14-12/h11-12,14H,2-10H2,1H3/t11-,12-/m1/s1. The van der Waals surface area contributed by atoms with Gasteiger partial charge in [-0.25, -0.2) is 0 Å². The van der Waals surface area contributed by atoms with Crippen LogP contribution in [0.4, 0.5) is 0 Å². The number of ether oxygens (including phenoxy) is 1. The lowest BCUT2D eigenvalue weighted by molar-refractivity contribution is -0.139. The van der Waals surface area contributed by atoms with E-state index in [9.17, 15) is 4.79 Å². The predicted octanol–water partition coefficient (Wildman–Crippen LogP) is 1.16. The molecule has 0 spiro atoms. The first kappa shape index (κ1) is 12.8. The van der Waals surface area contributed by atoms with Gasteiger partial charge in [-0.1, -0.05) is 6.42 Å². The molecule has 0 unspecified atom stereocenters. The fraction of sp³-hybridized carbons (Fsp3) is 0.923. The van der Waals surface area contributed by atoms with Crippen LogP contribution in [0.15, 0.2) is 0 Å². The number of amides is 1. The molecule has 2 aliphatic heterocycles. The molecule has 0 aliphatic carbocycles. The van der Waals surface area contributed by atoms with Gasteiger partial charge < -0.3 is 15.0 Å². The van der Waals surface area contributed by atoms with E-state index in [0.717, 1.165) is 32.4 Å². The second-order valence-corrected chi connectivity index (χ2v) is 5.14. The number of nitrogens with zero attached hydrogens (tertiary/aromatic N) is 1. The Hall–Kier alpha value is -0.610. The summed E-state index contributed by atoms with van der Waals surface area (Å²) in [5.74, 6) is 0.298. The number of methoxy groups -OCH3 is 1. The van der Waals surface area contributed by atoms with Crippen LogP contribution in [0.5, 0.6) is 0 Å². The minimum atomic E-state index is 0.0567. The van der Waals surface area contributed by atoms with Gasteiger partial charge in [0.1, 0.15) is 0 Å². The summed E-state index contributed by atoms with van der Waals surface area (Å²) in [5.41, 5.74) is 0. The van der Waals surface area contributed by atoms with E-state index in [1.807, 2.05) is 0 Å². The highest BCUT2D eigenvalue weighted by Gasteiger charge is 2.31. The highest BCUT2D eigenvalue weighted by Crippen LogP contribution is 2.20. The van der Waals surface area contributed by atoms with Crippen LogP contribution in [0.25, 0.3) is 0 Å². The Kier molecular flexibility index (Phi) is 4.80. The Morgan fingerprint density at radius 2 is 2.12 bits per heavy atom. The number of rotatable bonds is 3. The van der Waals surface area contributed by atoms with Crippen molar-refractivity contribution in [3.05, 3.63) is 0 Å². The molecule has 98 valence electrons. The molecule has 0 aromatic heterocycles. The quantitative estimate of drug-likeness (QED) is 0.805. The van der Waals surface area contributed by atoms with Crippen molar-refractivity contribution in [1.82, 2.24) is 10.2 Å². The average Bonchev–Trinajstić information content (AvgIpc) is 2.40. The lowest BCUT2D eigenvalue weighted by atomic mass is 9.98. The number of nitrogens with one attached hydrogen (secondary N) is 1. The van der Waals surface area contributed by atoms with Crippen LogP contribution in [0, 0.1) is 0 Å². The highest BCUT2D eigenvalue weighted by atomic mass is 16.5. The smallest absolute Gasteiger partial charge is 0.240 e. The number of carbonyl (C=O) groups excluding carboxylic acids is 1. The maximum atomic E-state index is 12.4. The number of hydrogen-bond acceptors (Lipinski definition) is 3. The minimum absolute atomic E-state index is 0.0567. The van der Waals surface area contributed by atoms with Gasteiger partial charge in [0, 0.05) is 13.7 Å². The van der Waals surface area contributed by atoms with Crippen molar-refractivity contribution < 1.29 is 9.53 Å². The van der Waals surface area contributed by atoms with E-state index in [-0.39, 0.29) is 6.04 Å². The summed E-state index contributed by atoms with van der Waals surface area (Å²) < 4.78 is 5.23. The van der Waals surface area contributed by atoms with Crippen LogP contribution in [-0.2, 0) is 9.53 Å². The fourth-order valence-electron chi connectivity index (χ4n) is 2.92. The van der Waals surface area contributed by atoms with E-state index in [0.29, 0.717) is 18.6 Å². The number of piperidine rings is 2. The van der Waals surface area contributed by atoms with Crippen LogP contribution in [-0.4, -0.2) is 49.7 Å². The molecule has 0 bridgehead atoms. The largest absolute Gasteiger partial charge is 0.383 e. The van der Waals surface area contributed by atoms with Gasteiger partial charge in [-0.2, -0.15) is 0 Å². The van der Waals surface area contributed by atoms with Gasteiger partial charge in [0.2, 0.25) is 5.91 Å². The Bertz CT molecular complexity index is 250. The van der Waals surface area contributed by atoms with Gasteiger partial charge in [0.05, 0.1) is 18.7 Å². The van der Waals surface area contributed by atoms with Gasteiger partial charge in [-0.3, -0.25) is 4.79 Å². The molecule has 2 rings (SSSR count). The van der Waals surface area contributed by atoms with Crippen LogP contribution in [0.3, 0.4) is 0 Å². The number of hydrogen-bond donors (Lipinski definition) is 1. The molecule has 0 aromatic rings. The van der Waals surface area contributed by atoms with E-state index < -0.39 is 0 Å². The third-order valence-corrected chi connectivity index (χ3v) is 3.88. The Labute approximate surface area is 104 Å². The van der Waals surface area contributed by atoms with Crippen LogP contribution in [0.1, 0.15) is 38.5 Å². The van der Waals surface area contributed by atoms with Gasteiger partial charge in [-0.15, -0.1) is 0 Å². The summed E-state index contributed by atoms with van der Waals surface area (Å²) in [5, 5.41) is 3.35. The van der Waals surface area contributed by atoms with Crippen molar-refractivity contribution in [2.24, 2.45) is 0 Å². The molecular formula is C13H24N2O2. The van der Waals surface area contributed by atoms with Crippen LogP contribution < -0.4 is 5.32 Å². The average molecular weight is 240 g/mol. The topological polar surface area (TPSA) is 41.6 Å². The van der Waals surface area contributed by atoms with Crippen molar-refractivity contribution in [2.45, 2.75) is 50.6 Å². The van der Waals surface area contributed by atoms with E-state index >= 15 is 0 Å². The molecule has 4 nitrogen and oxygen atoms in total. The zero-order chi connectivity index (χ0) is 12.1. The lowest BCUT2D eigenvalue weighted by Gasteiger charge is -2.38. The zero-order valence-electron chi connectivity index (χ0n) is 10.8. The summed E-state index contributed by atoms with van der Waals surface area (Å²) in [6.45, 7) is 2.57. The molecule has 0 aromatic carbocycles. The lowest BCUT2D eigenvalue weighted by Crippen LogP contribution is -2.54. The third-order valence-electron chi connectivity index (χ3n) is 3.88. The SMILES string of the molecule is COC[C@H]1CCCCN1C(=O)[C@H]1CCCCN1. The minimum Gasteiger partial charge on any atom is -0.383 e. The monoisotopic (exact) mass is 240 g/mol. The summed E-state index contributed by atoms with van der Waals surface area (Å²) in [7, 11) is 1.72. The predicted molar refractivity (Wildman–Crippen MR) is 66.9 cm³/mol. The summed E-state index contributed by atoms with van der Waals surface area (Å²) in [6.07, 6.45) is 6.81. The van der Waals surface area contributed by atoms with E-state index in [1.165, 1.54) is 19.3 Å². The molecule has 17 heavy (non-hydrogen) atoms. The Morgan fingerprint density at radius 1 is 1.29 bits per heavy atom. The molecule has 2 saturated heterocycles. The molecule has 2 atom stereocenters. The second-order valence-electron chi connectivity index (χ2n) is 5.14.